The Balaban J connectivity index is 3.05. The summed E-state index contributed by atoms with van der Waals surface area (Å²) in [4.78, 5) is 4.06. The first-order valence-corrected chi connectivity index (χ1v) is 4.04. The number of hydrogen-bond acceptors (Lipinski definition) is 2. The van der Waals surface area contributed by atoms with Crippen molar-refractivity contribution in [2.24, 2.45) is 0 Å². The van der Waals surface area contributed by atoms with Crippen molar-refractivity contribution >= 4 is 17.3 Å². The zero-order valence-corrected chi connectivity index (χ0v) is 7.52. The molecule has 1 aromatic heterocycles. The van der Waals surface area contributed by atoms with Crippen LogP contribution in [0.2, 0.25) is 0 Å². The van der Waals surface area contributed by atoms with Gasteiger partial charge in [0.1, 0.15) is 0 Å². The Bertz CT molecular complexity index is 336. The number of nitrogens with two attached hydrogens (primary N) is 1. The average Bonchev–Trinajstić information content (AvgIpc) is 2.07. The van der Waals surface area contributed by atoms with Gasteiger partial charge in [-0.1, -0.05) is 11.8 Å². The molecule has 62 valence electrons. The van der Waals surface area contributed by atoms with Crippen molar-refractivity contribution in [2.45, 2.75) is 6.92 Å². The van der Waals surface area contributed by atoms with Gasteiger partial charge >= 0.3 is 0 Å². The predicted molar refractivity (Wildman–Crippen MR) is 51.0 cm³/mol. The van der Waals surface area contributed by atoms with Crippen LogP contribution in [0.4, 0.5) is 5.69 Å². The molecular weight excluding hydrogens is 172 g/mol. The molecule has 0 saturated heterocycles. The predicted octanol–water partition coefficient (Wildman–Crippen LogP) is 1.56. The Morgan fingerprint density at radius 3 is 3.08 bits per heavy atom. The quantitative estimate of drug-likeness (QED) is 0.486. The lowest BCUT2D eigenvalue weighted by molar-refractivity contribution is 1.19. The molecule has 12 heavy (non-hydrogen) atoms. The number of aromatic nitrogens is 1. The third kappa shape index (κ3) is 2.14. The highest BCUT2D eigenvalue weighted by molar-refractivity contribution is 6.19. The first-order chi connectivity index (χ1) is 5.74. The van der Waals surface area contributed by atoms with Gasteiger partial charge in [-0.3, -0.25) is 4.98 Å². The minimum Gasteiger partial charge on any atom is -0.397 e. The first kappa shape index (κ1) is 8.89. The van der Waals surface area contributed by atoms with E-state index in [4.69, 9.17) is 17.3 Å². The molecule has 1 heterocycles. The molecule has 0 saturated carbocycles. The largest absolute Gasteiger partial charge is 0.397 e. The average molecular weight is 181 g/mol. The van der Waals surface area contributed by atoms with Crippen molar-refractivity contribution in [3.05, 3.63) is 23.5 Å². The summed E-state index contributed by atoms with van der Waals surface area (Å²) in [5.41, 5.74) is 7.88. The molecule has 0 aromatic carbocycles. The minimum atomic E-state index is 0.328. The second kappa shape index (κ2) is 3.99. The highest BCUT2D eigenvalue weighted by Crippen LogP contribution is 2.07. The number of anilines is 1. The summed E-state index contributed by atoms with van der Waals surface area (Å²) in [6.45, 7) is 1.89. The highest BCUT2D eigenvalue weighted by atomic mass is 35.5. The van der Waals surface area contributed by atoms with Crippen LogP contribution in [0.1, 0.15) is 11.3 Å². The Labute approximate surface area is 76.8 Å². The zero-order valence-electron chi connectivity index (χ0n) is 6.76. The van der Waals surface area contributed by atoms with Crippen LogP contribution in [0.5, 0.6) is 0 Å². The van der Waals surface area contributed by atoms with Gasteiger partial charge in [0, 0.05) is 5.56 Å². The SMILES string of the molecule is Cc1ncc(N)cc1C#CCCl. The summed E-state index contributed by atoms with van der Waals surface area (Å²) in [6, 6.07) is 1.79. The summed E-state index contributed by atoms with van der Waals surface area (Å²) in [5, 5.41) is 0. The van der Waals surface area contributed by atoms with E-state index in [2.05, 4.69) is 16.8 Å². The summed E-state index contributed by atoms with van der Waals surface area (Å²) >= 11 is 5.42. The van der Waals surface area contributed by atoms with Gasteiger partial charge in [0.15, 0.2) is 0 Å². The van der Waals surface area contributed by atoms with Gasteiger partial charge in [-0.05, 0) is 13.0 Å². The second-order valence-corrected chi connectivity index (χ2v) is 2.60. The van der Waals surface area contributed by atoms with Crippen LogP contribution < -0.4 is 5.73 Å². The van der Waals surface area contributed by atoms with Crippen LogP contribution in [-0.2, 0) is 0 Å². The van der Waals surface area contributed by atoms with Crippen LogP contribution in [0.25, 0.3) is 0 Å². The van der Waals surface area contributed by atoms with E-state index in [9.17, 15) is 0 Å². The summed E-state index contributed by atoms with van der Waals surface area (Å²) in [5.74, 6) is 5.96. The maximum absolute atomic E-state index is 5.54. The smallest absolute Gasteiger partial charge is 0.0839 e. The molecule has 0 aliphatic rings. The van der Waals surface area contributed by atoms with Crippen molar-refractivity contribution in [1.82, 2.24) is 4.98 Å². The Hall–Kier alpha value is -1.20. The minimum absolute atomic E-state index is 0.328. The Morgan fingerprint density at radius 2 is 2.42 bits per heavy atom. The topological polar surface area (TPSA) is 38.9 Å². The molecule has 3 heteroatoms. The van der Waals surface area contributed by atoms with Crippen LogP contribution >= 0.6 is 11.6 Å². The monoisotopic (exact) mass is 180 g/mol. The number of halogens is 1. The molecule has 2 N–H and O–H groups in total. The van der Waals surface area contributed by atoms with E-state index >= 15 is 0 Å². The van der Waals surface area contributed by atoms with E-state index in [1.54, 1.807) is 12.3 Å². The normalized spacial score (nSPS) is 8.83. The van der Waals surface area contributed by atoms with E-state index in [0.29, 0.717) is 11.6 Å². The number of nitrogen functional groups attached to an aromatic ring is 1. The van der Waals surface area contributed by atoms with E-state index in [-0.39, 0.29) is 0 Å². The van der Waals surface area contributed by atoms with Crippen LogP contribution in [0.3, 0.4) is 0 Å². The molecule has 0 atom stereocenters. The molecule has 0 aliphatic heterocycles. The molecule has 1 aromatic rings. The fourth-order valence-electron chi connectivity index (χ4n) is 0.804. The summed E-state index contributed by atoms with van der Waals surface area (Å²) < 4.78 is 0. The third-order valence-corrected chi connectivity index (χ3v) is 1.53. The van der Waals surface area contributed by atoms with Crippen LogP contribution in [0.15, 0.2) is 12.3 Å². The second-order valence-electron chi connectivity index (χ2n) is 2.34. The van der Waals surface area contributed by atoms with E-state index in [1.807, 2.05) is 6.92 Å². The van der Waals surface area contributed by atoms with Crippen molar-refractivity contribution < 1.29 is 0 Å². The number of alkyl halides is 1. The fraction of sp³-hybridized carbons (Fsp3) is 0.222. The van der Waals surface area contributed by atoms with Gasteiger partial charge in [-0.15, -0.1) is 11.6 Å². The van der Waals surface area contributed by atoms with Crippen LogP contribution in [-0.4, -0.2) is 10.9 Å². The lowest BCUT2D eigenvalue weighted by Crippen LogP contribution is -1.92. The maximum atomic E-state index is 5.54. The van der Waals surface area contributed by atoms with E-state index in [1.165, 1.54) is 0 Å². The highest BCUT2D eigenvalue weighted by Gasteiger charge is 1.95. The zero-order chi connectivity index (χ0) is 8.97. The lowest BCUT2D eigenvalue weighted by atomic mass is 10.2. The molecule has 0 radical (unpaired) electrons. The van der Waals surface area contributed by atoms with Gasteiger partial charge < -0.3 is 5.73 Å². The molecule has 0 unspecified atom stereocenters. The van der Waals surface area contributed by atoms with Gasteiger partial charge in [0.05, 0.1) is 23.5 Å². The molecule has 2 nitrogen and oxygen atoms in total. The van der Waals surface area contributed by atoms with Crippen LogP contribution in [0, 0.1) is 18.8 Å². The molecule has 0 aliphatic carbocycles. The van der Waals surface area contributed by atoms with Crippen molar-refractivity contribution in [1.29, 1.82) is 0 Å². The van der Waals surface area contributed by atoms with E-state index < -0.39 is 0 Å². The molecule has 0 spiro atoms. The third-order valence-electron chi connectivity index (χ3n) is 1.40. The standard InChI is InChI=1S/C9H9ClN2/c1-7-8(3-2-4-10)5-9(11)6-12-7/h5-6H,4,11H2,1H3. The molecule has 0 fully saturated rings. The molecule has 1 rings (SSSR count). The number of pyridine rings is 1. The first-order valence-electron chi connectivity index (χ1n) is 3.51. The fourth-order valence-corrected chi connectivity index (χ4v) is 0.871. The summed E-state index contributed by atoms with van der Waals surface area (Å²) in [6.07, 6.45) is 1.61. The van der Waals surface area contributed by atoms with Crippen molar-refractivity contribution in [3.8, 4) is 11.8 Å². The van der Waals surface area contributed by atoms with Gasteiger partial charge in [0.25, 0.3) is 0 Å². The van der Waals surface area contributed by atoms with Gasteiger partial charge in [-0.2, -0.15) is 0 Å². The van der Waals surface area contributed by atoms with Crippen molar-refractivity contribution in [2.75, 3.05) is 11.6 Å². The van der Waals surface area contributed by atoms with Gasteiger partial charge in [0.2, 0.25) is 0 Å². The Kier molecular flexibility index (Phi) is 2.95. The molecule has 0 amide bonds. The number of nitrogens with zero attached hydrogens (tertiary/aromatic N) is 1. The number of aryl methyl sites for hydroxylation is 1. The number of hydrogen-bond donors (Lipinski definition) is 1. The van der Waals surface area contributed by atoms with Gasteiger partial charge in [-0.25, -0.2) is 0 Å². The number of rotatable bonds is 0. The maximum Gasteiger partial charge on any atom is 0.0839 e. The van der Waals surface area contributed by atoms with Crippen molar-refractivity contribution in [3.63, 3.8) is 0 Å². The Morgan fingerprint density at radius 1 is 1.67 bits per heavy atom. The summed E-state index contributed by atoms with van der Waals surface area (Å²) in [7, 11) is 0. The van der Waals surface area contributed by atoms with E-state index in [0.717, 1.165) is 11.3 Å². The molecular formula is C9H9ClN2. The molecule has 0 bridgehead atoms. The lowest BCUT2D eigenvalue weighted by Gasteiger charge is -1.97.